The van der Waals surface area contributed by atoms with E-state index in [4.69, 9.17) is 11.6 Å². The molecule has 0 bridgehead atoms. The minimum absolute atomic E-state index is 0.0275. The molecule has 1 aliphatic heterocycles. The van der Waals surface area contributed by atoms with Gasteiger partial charge in [0.2, 0.25) is 5.91 Å². The Bertz CT molecular complexity index is 918. The highest BCUT2D eigenvalue weighted by atomic mass is 35.5. The molecule has 0 aromatic heterocycles. The number of halogens is 3. The van der Waals surface area contributed by atoms with Gasteiger partial charge in [-0.25, -0.2) is 13.6 Å². The fourth-order valence-corrected chi connectivity index (χ4v) is 3.52. The molecule has 2 aromatic carbocycles. The second kappa shape index (κ2) is 6.49. The first-order valence-corrected chi connectivity index (χ1v) is 8.82. The van der Waals surface area contributed by atoms with Gasteiger partial charge in [-0.05, 0) is 28.8 Å². The summed E-state index contributed by atoms with van der Waals surface area (Å²) in [5, 5.41) is 8.51. The Morgan fingerprint density at radius 3 is 2.48 bits per heavy atom. The van der Waals surface area contributed by atoms with E-state index in [0.29, 0.717) is 16.1 Å². The number of fused-ring (bicyclic) bond motifs is 1. The van der Waals surface area contributed by atoms with Gasteiger partial charge in [-0.1, -0.05) is 41.9 Å². The normalized spacial score (nSPS) is 20.7. The zero-order chi connectivity index (χ0) is 19.2. The van der Waals surface area contributed by atoms with Gasteiger partial charge in [0.25, 0.3) is 5.92 Å². The summed E-state index contributed by atoms with van der Waals surface area (Å²) in [6.07, 6.45) is -0.305. The first-order valence-electron chi connectivity index (χ1n) is 8.45. The quantitative estimate of drug-likeness (QED) is 0.750. The highest BCUT2D eigenvalue weighted by Gasteiger charge is 2.44. The van der Waals surface area contributed by atoms with E-state index in [0.717, 1.165) is 5.56 Å². The van der Waals surface area contributed by atoms with E-state index in [-0.39, 0.29) is 24.4 Å². The number of amides is 3. The van der Waals surface area contributed by atoms with Gasteiger partial charge in [0, 0.05) is 23.6 Å². The van der Waals surface area contributed by atoms with Crippen molar-refractivity contribution in [2.75, 3.05) is 6.54 Å². The summed E-state index contributed by atoms with van der Waals surface area (Å²) in [5.41, 5.74) is 2.05. The van der Waals surface area contributed by atoms with Crippen molar-refractivity contribution in [1.29, 1.82) is 0 Å². The van der Waals surface area contributed by atoms with E-state index in [2.05, 4.69) is 16.0 Å². The van der Waals surface area contributed by atoms with Gasteiger partial charge < -0.3 is 16.0 Å². The van der Waals surface area contributed by atoms with Crippen LogP contribution in [0.2, 0.25) is 5.02 Å². The molecule has 1 saturated heterocycles. The van der Waals surface area contributed by atoms with Crippen molar-refractivity contribution >= 4 is 23.5 Å². The molecule has 2 aromatic rings. The van der Waals surface area contributed by atoms with Crippen molar-refractivity contribution in [2.45, 2.75) is 24.4 Å². The standard InChI is InChI=1S/C19H16ClF2N3O2/c20-13-4-1-10(2-5-13)16(25-17(26)15-9-23-18(27)24-15)11-3-6-14-12(7-11)8-19(14,21)22/h1-7,15-16H,8-9H2,(H,25,26)(H2,23,24,27)/t15-,16?/m0/s1. The van der Waals surface area contributed by atoms with Crippen LogP contribution in [0.4, 0.5) is 13.6 Å². The highest BCUT2D eigenvalue weighted by Crippen LogP contribution is 2.44. The zero-order valence-corrected chi connectivity index (χ0v) is 14.8. The predicted molar refractivity (Wildman–Crippen MR) is 95.8 cm³/mol. The van der Waals surface area contributed by atoms with Crippen LogP contribution in [0.25, 0.3) is 0 Å². The maximum Gasteiger partial charge on any atom is 0.315 e. The predicted octanol–water partition coefficient (Wildman–Crippen LogP) is 2.87. The number of hydrogen-bond acceptors (Lipinski definition) is 2. The summed E-state index contributed by atoms with van der Waals surface area (Å²) in [7, 11) is 0. The summed E-state index contributed by atoms with van der Waals surface area (Å²) >= 11 is 5.95. The van der Waals surface area contributed by atoms with Crippen LogP contribution in [0, 0.1) is 0 Å². The molecule has 1 unspecified atom stereocenters. The molecule has 3 amide bonds. The fourth-order valence-electron chi connectivity index (χ4n) is 3.39. The second-order valence-electron chi connectivity index (χ2n) is 6.70. The summed E-state index contributed by atoms with van der Waals surface area (Å²) in [4.78, 5) is 23.9. The van der Waals surface area contributed by atoms with Crippen LogP contribution in [0.15, 0.2) is 42.5 Å². The van der Waals surface area contributed by atoms with Crippen molar-refractivity contribution < 1.29 is 18.4 Å². The number of carbonyl (C=O) groups excluding carboxylic acids is 2. The number of hydrogen-bond donors (Lipinski definition) is 3. The third-order valence-corrected chi connectivity index (χ3v) is 5.10. The van der Waals surface area contributed by atoms with Crippen LogP contribution in [0.3, 0.4) is 0 Å². The molecule has 27 heavy (non-hydrogen) atoms. The van der Waals surface area contributed by atoms with Crippen molar-refractivity contribution in [1.82, 2.24) is 16.0 Å². The second-order valence-corrected chi connectivity index (χ2v) is 7.13. The van der Waals surface area contributed by atoms with Crippen LogP contribution in [0.1, 0.15) is 28.3 Å². The average Bonchev–Trinajstić information content (AvgIpc) is 3.06. The summed E-state index contributed by atoms with van der Waals surface area (Å²) < 4.78 is 27.1. The van der Waals surface area contributed by atoms with Gasteiger partial charge >= 0.3 is 6.03 Å². The lowest BCUT2D eigenvalue weighted by atomic mass is 9.82. The molecule has 1 fully saturated rings. The van der Waals surface area contributed by atoms with Crippen LogP contribution >= 0.6 is 11.6 Å². The van der Waals surface area contributed by atoms with Gasteiger partial charge in [-0.15, -0.1) is 0 Å². The molecule has 1 heterocycles. The smallest absolute Gasteiger partial charge is 0.315 e. The molecule has 4 rings (SSSR count). The van der Waals surface area contributed by atoms with Crippen LogP contribution in [-0.2, 0) is 17.1 Å². The molecule has 0 saturated carbocycles. The van der Waals surface area contributed by atoms with Crippen molar-refractivity contribution in [2.24, 2.45) is 0 Å². The van der Waals surface area contributed by atoms with Crippen LogP contribution < -0.4 is 16.0 Å². The summed E-state index contributed by atoms with van der Waals surface area (Å²) in [5.74, 6) is -3.14. The van der Waals surface area contributed by atoms with Crippen molar-refractivity contribution in [3.8, 4) is 0 Å². The maximum atomic E-state index is 13.6. The lowest BCUT2D eigenvalue weighted by molar-refractivity contribution is -0.122. The number of benzene rings is 2. The van der Waals surface area contributed by atoms with E-state index in [1.165, 1.54) is 6.07 Å². The minimum atomic E-state index is -2.79. The Morgan fingerprint density at radius 2 is 1.89 bits per heavy atom. The summed E-state index contributed by atoms with van der Waals surface area (Å²) in [6.45, 7) is 0.189. The first-order chi connectivity index (χ1) is 12.8. The van der Waals surface area contributed by atoms with E-state index in [1.54, 1.807) is 36.4 Å². The number of rotatable bonds is 4. The topological polar surface area (TPSA) is 70.2 Å². The minimum Gasteiger partial charge on any atom is -0.343 e. The Labute approximate surface area is 159 Å². The maximum absolute atomic E-state index is 13.6. The van der Waals surface area contributed by atoms with Crippen molar-refractivity contribution in [3.05, 3.63) is 69.7 Å². The SMILES string of the molecule is O=C1NC[C@@H](C(=O)NC(c2ccc(Cl)cc2)c2ccc3c(c2)CC3(F)F)N1. The summed E-state index contributed by atoms with van der Waals surface area (Å²) in [6, 6.07) is 9.99. The monoisotopic (exact) mass is 391 g/mol. The third-order valence-electron chi connectivity index (χ3n) is 4.85. The lowest BCUT2D eigenvalue weighted by Crippen LogP contribution is -2.44. The molecule has 0 spiro atoms. The molecule has 140 valence electrons. The molecule has 1 aliphatic carbocycles. The lowest BCUT2D eigenvalue weighted by Gasteiger charge is -2.31. The largest absolute Gasteiger partial charge is 0.343 e. The van der Waals surface area contributed by atoms with Crippen LogP contribution in [-0.4, -0.2) is 24.5 Å². The molecule has 3 N–H and O–H groups in total. The Balaban J connectivity index is 1.64. The Hall–Kier alpha value is -2.67. The number of nitrogens with one attached hydrogen (secondary N) is 3. The van der Waals surface area contributed by atoms with Crippen LogP contribution in [0.5, 0.6) is 0 Å². The first kappa shape index (κ1) is 17.7. The van der Waals surface area contributed by atoms with Gasteiger partial charge in [0.1, 0.15) is 6.04 Å². The molecular formula is C19H16ClF2N3O2. The molecule has 2 aliphatic rings. The molecule has 5 nitrogen and oxygen atoms in total. The van der Waals surface area contributed by atoms with Gasteiger partial charge in [-0.2, -0.15) is 0 Å². The number of alkyl halides is 2. The highest BCUT2D eigenvalue weighted by molar-refractivity contribution is 6.30. The zero-order valence-electron chi connectivity index (χ0n) is 14.1. The number of carbonyl (C=O) groups is 2. The molecule has 8 heteroatoms. The fraction of sp³-hybridized carbons (Fsp3) is 0.263. The average molecular weight is 392 g/mol. The van der Waals surface area contributed by atoms with Gasteiger partial charge in [0.15, 0.2) is 0 Å². The Morgan fingerprint density at radius 1 is 1.19 bits per heavy atom. The number of urea groups is 1. The van der Waals surface area contributed by atoms with Gasteiger partial charge in [-0.3, -0.25) is 4.79 Å². The van der Waals surface area contributed by atoms with E-state index in [1.807, 2.05) is 0 Å². The van der Waals surface area contributed by atoms with E-state index in [9.17, 15) is 18.4 Å². The van der Waals surface area contributed by atoms with Crippen molar-refractivity contribution in [3.63, 3.8) is 0 Å². The molecule has 2 atom stereocenters. The molecular weight excluding hydrogens is 376 g/mol. The molecule has 0 radical (unpaired) electrons. The van der Waals surface area contributed by atoms with Gasteiger partial charge in [0.05, 0.1) is 6.04 Å². The van der Waals surface area contributed by atoms with E-state index < -0.39 is 24.0 Å². The third kappa shape index (κ3) is 3.35. The Kier molecular flexibility index (Phi) is 4.26. The van der Waals surface area contributed by atoms with E-state index >= 15 is 0 Å².